The molecule has 1 N–H and O–H groups in total. The lowest BCUT2D eigenvalue weighted by Crippen LogP contribution is -2.55. The second kappa shape index (κ2) is 8.10. The highest BCUT2D eigenvalue weighted by atomic mass is 16.5. The topological polar surface area (TPSA) is 73.2 Å². The van der Waals surface area contributed by atoms with Crippen LogP contribution in [-0.2, 0) is 4.79 Å². The molecule has 0 unspecified atom stereocenters. The van der Waals surface area contributed by atoms with Gasteiger partial charge in [0.15, 0.2) is 0 Å². The smallest absolute Gasteiger partial charge is 0.258 e. The summed E-state index contributed by atoms with van der Waals surface area (Å²) in [5.74, 6) is 3.72. The predicted molar refractivity (Wildman–Crippen MR) is 107 cm³/mol. The van der Waals surface area contributed by atoms with Crippen molar-refractivity contribution in [1.82, 2.24) is 15.1 Å². The monoisotopic (exact) mass is 385 g/mol. The van der Waals surface area contributed by atoms with E-state index >= 15 is 0 Å². The van der Waals surface area contributed by atoms with Crippen LogP contribution in [0, 0.1) is 29.6 Å². The molecule has 0 aliphatic heterocycles. The highest BCUT2D eigenvalue weighted by molar-refractivity contribution is 5.96. The summed E-state index contributed by atoms with van der Waals surface area (Å²) in [5.41, 5.74) is 0.477. The number of hydrogen-bond donors (Lipinski definition) is 1. The van der Waals surface area contributed by atoms with Crippen molar-refractivity contribution in [2.24, 2.45) is 29.6 Å². The molecule has 4 fully saturated rings. The molecule has 0 aromatic carbocycles. The third-order valence-electron chi connectivity index (χ3n) is 6.55. The second-order valence-corrected chi connectivity index (χ2v) is 9.23. The first-order chi connectivity index (χ1) is 13.5. The summed E-state index contributed by atoms with van der Waals surface area (Å²) in [6, 6.07) is 0.284. The number of nitrogens with one attached hydrogen (secondary N) is 1. The van der Waals surface area contributed by atoms with Crippen molar-refractivity contribution < 1.29 is 14.3 Å². The first kappa shape index (κ1) is 19.2. The van der Waals surface area contributed by atoms with Gasteiger partial charge >= 0.3 is 0 Å². The van der Waals surface area contributed by atoms with Crippen molar-refractivity contribution in [3.8, 4) is 5.88 Å². The van der Waals surface area contributed by atoms with Crippen molar-refractivity contribution in [1.29, 1.82) is 0 Å². The van der Waals surface area contributed by atoms with Gasteiger partial charge in [-0.2, -0.15) is 5.10 Å². The third-order valence-corrected chi connectivity index (χ3v) is 6.55. The summed E-state index contributed by atoms with van der Waals surface area (Å²) < 4.78 is 7.48. The fourth-order valence-electron chi connectivity index (χ4n) is 5.61. The molecule has 1 heterocycles. The Morgan fingerprint density at radius 1 is 1.25 bits per heavy atom. The molecule has 0 radical (unpaired) electrons. The number of ether oxygens (including phenoxy) is 1. The second-order valence-electron chi connectivity index (χ2n) is 9.23. The minimum atomic E-state index is -0.0914. The van der Waals surface area contributed by atoms with Crippen LogP contribution in [0.5, 0.6) is 5.88 Å². The van der Waals surface area contributed by atoms with E-state index in [1.165, 1.54) is 32.1 Å². The summed E-state index contributed by atoms with van der Waals surface area (Å²) >= 11 is 0. The van der Waals surface area contributed by atoms with Crippen LogP contribution in [0.3, 0.4) is 0 Å². The first-order valence-corrected chi connectivity index (χ1v) is 10.7. The maximum atomic E-state index is 13.1. The van der Waals surface area contributed by atoms with Gasteiger partial charge < -0.3 is 14.8 Å². The number of amides is 1. The number of hydrogen-bond acceptors (Lipinski definition) is 4. The summed E-state index contributed by atoms with van der Waals surface area (Å²) in [6.45, 7) is 4.64. The van der Waals surface area contributed by atoms with E-state index in [1.807, 2.05) is 0 Å². The van der Waals surface area contributed by atoms with Gasteiger partial charge in [-0.25, -0.2) is 4.68 Å². The summed E-state index contributed by atoms with van der Waals surface area (Å²) in [7, 11) is 0. The van der Waals surface area contributed by atoms with E-state index < -0.39 is 0 Å². The van der Waals surface area contributed by atoms with Crippen LogP contribution in [0.4, 0.5) is 0 Å². The Balaban J connectivity index is 1.50. The molecule has 0 spiro atoms. The zero-order valence-electron chi connectivity index (χ0n) is 16.8. The van der Waals surface area contributed by atoms with Crippen molar-refractivity contribution in [3.05, 3.63) is 17.8 Å². The summed E-state index contributed by atoms with van der Waals surface area (Å²) in [5, 5.41) is 7.63. The van der Waals surface area contributed by atoms with Crippen LogP contribution < -0.4 is 10.1 Å². The molecule has 6 heteroatoms. The predicted octanol–water partition coefficient (Wildman–Crippen LogP) is 3.53. The maximum absolute atomic E-state index is 13.1. The molecule has 28 heavy (non-hydrogen) atoms. The van der Waals surface area contributed by atoms with E-state index in [9.17, 15) is 9.59 Å². The fourth-order valence-corrected chi connectivity index (χ4v) is 5.61. The van der Waals surface area contributed by atoms with E-state index in [4.69, 9.17) is 4.74 Å². The number of carbonyl (C=O) groups excluding carboxylic acids is 2. The average molecular weight is 386 g/mol. The zero-order chi connectivity index (χ0) is 19.7. The standard InChI is InChI=1S/C22H31N3O3/c1-14(2)13-28-22-19(12-23-25(22)5-3-4-6-26)21(27)24-20-17-8-15-7-16(10-17)11-18(20)9-15/h3,5-6,12,14-18,20H,4,7-11,13H2,1-2H3,(H,24,27)/b5-3+. The van der Waals surface area contributed by atoms with Crippen LogP contribution in [-0.4, -0.2) is 34.6 Å². The van der Waals surface area contributed by atoms with Crippen molar-refractivity contribution >= 4 is 18.4 Å². The third kappa shape index (κ3) is 3.87. The van der Waals surface area contributed by atoms with Gasteiger partial charge in [0.2, 0.25) is 5.88 Å². The minimum absolute atomic E-state index is 0.0914. The number of aromatic nitrogens is 2. The normalized spacial score (nSPS) is 30.9. The van der Waals surface area contributed by atoms with Gasteiger partial charge in [0.25, 0.3) is 5.91 Å². The Morgan fingerprint density at radius 2 is 1.93 bits per heavy atom. The SMILES string of the molecule is CC(C)COc1c(C(=O)NC2C3CC4CC(C3)CC2C4)cnn1/C=C/CC=O. The van der Waals surface area contributed by atoms with E-state index in [2.05, 4.69) is 24.3 Å². The highest BCUT2D eigenvalue weighted by Gasteiger charge is 2.48. The Bertz CT molecular complexity index is 724. The van der Waals surface area contributed by atoms with Crippen molar-refractivity contribution in [2.75, 3.05) is 6.61 Å². The molecule has 6 nitrogen and oxygen atoms in total. The number of carbonyl (C=O) groups is 2. The first-order valence-electron chi connectivity index (χ1n) is 10.7. The number of nitrogens with zero attached hydrogens (tertiary/aromatic N) is 2. The molecule has 4 bridgehead atoms. The highest BCUT2D eigenvalue weighted by Crippen LogP contribution is 2.53. The molecule has 4 aliphatic rings. The summed E-state index contributed by atoms with van der Waals surface area (Å²) in [4.78, 5) is 23.7. The summed E-state index contributed by atoms with van der Waals surface area (Å²) in [6.07, 6.45) is 12.6. The molecular weight excluding hydrogens is 354 g/mol. The molecule has 152 valence electrons. The minimum Gasteiger partial charge on any atom is -0.477 e. The van der Waals surface area contributed by atoms with Gasteiger partial charge in [0.1, 0.15) is 11.8 Å². The number of allylic oxidation sites excluding steroid dienone is 1. The molecule has 1 aromatic rings. The Labute approximate surface area is 166 Å². The van der Waals surface area contributed by atoms with Crippen LogP contribution in [0.25, 0.3) is 6.20 Å². The molecule has 1 aromatic heterocycles. The Morgan fingerprint density at radius 3 is 2.54 bits per heavy atom. The molecule has 4 aliphatic carbocycles. The van der Waals surface area contributed by atoms with E-state index in [0.29, 0.717) is 42.2 Å². The quantitative estimate of drug-likeness (QED) is 0.695. The van der Waals surface area contributed by atoms with E-state index in [1.54, 1.807) is 23.2 Å². The van der Waals surface area contributed by atoms with Gasteiger partial charge in [0.05, 0.1) is 12.8 Å². The van der Waals surface area contributed by atoms with Crippen LogP contribution in [0.15, 0.2) is 12.3 Å². The van der Waals surface area contributed by atoms with Gasteiger partial charge in [-0.3, -0.25) is 4.79 Å². The Hall–Kier alpha value is -2.11. The van der Waals surface area contributed by atoms with Crippen molar-refractivity contribution in [3.63, 3.8) is 0 Å². The van der Waals surface area contributed by atoms with Gasteiger partial charge in [-0.05, 0) is 61.7 Å². The largest absolute Gasteiger partial charge is 0.477 e. The van der Waals surface area contributed by atoms with Crippen molar-refractivity contribution in [2.45, 2.75) is 58.4 Å². The fraction of sp³-hybridized carbons (Fsp3) is 0.682. The van der Waals surface area contributed by atoms with E-state index in [-0.39, 0.29) is 11.9 Å². The lowest BCUT2D eigenvalue weighted by atomic mass is 9.54. The number of rotatable bonds is 8. The molecule has 1 amide bonds. The zero-order valence-corrected chi connectivity index (χ0v) is 16.8. The Kier molecular flexibility index (Phi) is 5.56. The van der Waals surface area contributed by atoms with Crippen LogP contribution in [0.2, 0.25) is 0 Å². The lowest BCUT2D eigenvalue weighted by molar-refractivity contribution is -0.107. The molecule has 0 saturated heterocycles. The van der Waals surface area contributed by atoms with E-state index in [0.717, 1.165) is 18.1 Å². The van der Waals surface area contributed by atoms with Crippen LogP contribution >= 0.6 is 0 Å². The number of aldehydes is 1. The maximum Gasteiger partial charge on any atom is 0.258 e. The van der Waals surface area contributed by atoms with Crippen LogP contribution in [0.1, 0.15) is 62.7 Å². The average Bonchev–Trinajstić information content (AvgIpc) is 3.05. The lowest BCUT2D eigenvalue weighted by Gasteiger charge is -2.54. The molecule has 0 atom stereocenters. The molecule has 4 saturated carbocycles. The van der Waals surface area contributed by atoms with Gasteiger partial charge in [0, 0.05) is 18.7 Å². The molecule has 5 rings (SSSR count). The molecular formula is C22H31N3O3. The van der Waals surface area contributed by atoms with Gasteiger partial charge in [-0.1, -0.05) is 19.9 Å². The van der Waals surface area contributed by atoms with Gasteiger partial charge in [-0.15, -0.1) is 0 Å².